The van der Waals surface area contributed by atoms with Gasteiger partial charge in [-0.3, -0.25) is 10.1 Å². The van der Waals surface area contributed by atoms with Crippen LogP contribution in [0.1, 0.15) is 12.5 Å². The van der Waals surface area contributed by atoms with Gasteiger partial charge in [0.2, 0.25) is 11.8 Å². The number of halogens is 1. The predicted octanol–water partition coefficient (Wildman–Crippen LogP) is 1.94. The molecule has 9 heteroatoms. The van der Waals surface area contributed by atoms with Crippen LogP contribution in [-0.4, -0.2) is 26.5 Å². The Morgan fingerprint density at radius 3 is 2.77 bits per heavy atom. The van der Waals surface area contributed by atoms with Gasteiger partial charge in [0.05, 0.1) is 11.5 Å². The molecule has 0 bridgehead atoms. The fourth-order valence-corrected chi connectivity index (χ4v) is 2.20. The van der Waals surface area contributed by atoms with E-state index in [1.165, 1.54) is 0 Å². The number of hydrogen-bond acceptors (Lipinski definition) is 7. The molecule has 2 rings (SSSR count). The number of nitrogen functional groups attached to an aromatic ring is 1. The van der Waals surface area contributed by atoms with Crippen molar-refractivity contribution in [3.8, 4) is 0 Å². The molecule has 0 aliphatic carbocycles. The normalized spacial score (nSPS) is 13.4. The third-order valence-corrected chi connectivity index (χ3v) is 3.37. The smallest absolute Gasteiger partial charge is 0.329 e. The molecule has 0 aliphatic rings. The second-order valence-electron chi connectivity index (χ2n) is 4.83. The van der Waals surface area contributed by atoms with Crippen LogP contribution < -0.4 is 11.1 Å². The lowest BCUT2D eigenvalue weighted by atomic mass is 9.96. The van der Waals surface area contributed by atoms with Crippen LogP contribution in [0.5, 0.6) is 0 Å². The minimum atomic E-state index is -1.28. The van der Waals surface area contributed by atoms with E-state index in [-0.39, 0.29) is 24.0 Å². The van der Waals surface area contributed by atoms with Crippen molar-refractivity contribution in [1.82, 2.24) is 9.97 Å². The molecule has 4 N–H and O–H groups in total. The van der Waals surface area contributed by atoms with Gasteiger partial charge in [-0.2, -0.15) is 4.98 Å². The number of rotatable bonds is 5. The maximum absolute atomic E-state index is 10.6. The van der Waals surface area contributed by atoms with Gasteiger partial charge in [-0.25, -0.2) is 4.98 Å². The van der Waals surface area contributed by atoms with Crippen molar-refractivity contribution in [3.05, 3.63) is 51.2 Å². The van der Waals surface area contributed by atoms with Gasteiger partial charge in [0.15, 0.2) is 0 Å². The van der Waals surface area contributed by atoms with Gasteiger partial charge in [-0.15, -0.1) is 0 Å². The molecule has 0 fully saturated rings. The van der Waals surface area contributed by atoms with Crippen molar-refractivity contribution in [3.63, 3.8) is 0 Å². The fraction of sp³-hybridized carbons (Fsp3) is 0.231. The van der Waals surface area contributed by atoms with Crippen LogP contribution in [0.25, 0.3) is 0 Å². The summed E-state index contributed by atoms with van der Waals surface area (Å²) < 4.78 is 0. The van der Waals surface area contributed by atoms with Gasteiger partial charge in [0.25, 0.3) is 0 Å². The summed E-state index contributed by atoms with van der Waals surface area (Å²) in [4.78, 5) is 17.6. The lowest BCUT2D eigenvalue weighted by molar-refractivity contribution is -0.384. The van der Waals surface area contributed by atoms with E-state index in [1.807, 2.05) is 0 Å². The lowest BCUT2D eigenvalue weighted by Crippen LogP contribution is -2.31. The molecule has 0 saturated heterocycles. The molecule has 1 aromatic heterocycles. The average molecular weight is 324 g/mol. The monoisotopic (exact) mass is 323 g/mol. The van der Waals surface area contributed by atoms with E-state index >= 15 is 0 Å². The molecule has 116 valence electrons. The van der Waals surface area contributed by atoms with E-state index in [9.17, 15) is 15.2 Å². The van der Waals surface area contributed by atoms with Gasteiger partial charge in [0, 0.05) is 10.6 Å². The van der Waals surface area contributed by atoms with Gasteiger partial charge >= 0.3 is 5.69 Å². The van der Waals surface area contributed by atoms with Crippen LogP contribution in [0.4, 0.5) is 17.5 Å². The van der Waals surface area contributed by atoms with Crippen LogP contribution in [0.3, 0.4) is 0 Å². The highest BCUT2D eigenvalue weighted by Gasteiger charge is 2.26. The molecule has 0 saturated carbocycles. The first kappa shape index (κ1) is 15.9. The largest absolute Gasteiger partial charge is 0.384 e. The van der Waals surface area contributed by atoms with Crippen LogP contribution in [-0.2, 0) is 5.60 Å². The number of nitro groups is 1. The highest BCUT2D eigenvalue weighted by molar-refractivity contribution is 6.31. The zero-order valence-electron chi connectivity index (χ0n) is 11.7. The number of nitrogens with zero attached hydrogens (tertiary/aromatic N) is 3. The second-order valence-corrected chi connectivity index (χ2v) is 5.24. The van der Waals surface area contributed by atoms with Crippen LogP contribution in [0.15, 0.2) is 30.5 Å². The van der Waals surface area contributed by atoms with Crippen LogP contribution >= 0.6 is 11.6 Å². The summed E-state index contributed by atoms with van der Waals surface area (Å²) >= 11 is 6.06. The van der Waals surface area contributed by atoms with E-state index in [0.717, 1.165) is 6.20 Å². The molecule has 0 spiro atoms. The Labute approximate surface area is 131 Å². The van der Waals surface area contributed by atoms with Crippen molar-refractivity contribution in [1.29, 1.82) is 0 Å². The first-order valence-electron chi connectivity index (χ1n) is 6.29. The molecular formula is C13H14ClN5O3. The van der Waals surface area contributed by atoms with E-state index < -0.39 is 10.5 Å². The van der Waals surface area contributed by atoms with Crippen molar-refractivity contribution in [2.24, 2.45) is 0 Å². The highest BCUT2D eigenvalue weighted by Crippen LogP contribution is 2.28. The number of nitrogens with two attached hydrogens (primary N) is 1. The Kier molecular flexibility index (Phi) is 4.43. The second kappa shape index (κ2) is 6.12. The third-order valence-electron chi connectivity index (χ3n) is 3.04. The molecule has 1 heterocycles. The first-order chi connectivity index (χ1) is 10.3. The number of hydrogen-bond donors (Lipinski definition) is 3. The predicted molar refractivity (Wildman–Crippen MR) is 82.6 cm³/mol. The molecule has 0 aliphatic heterocycles. The molecule has 22 heavy (non-hydrogen) atoms. The molecule has 1 atom stereocenters. The minimum Gasteiger partial charge on any atom is -0.384 e. The zero-order valence-corrected chi connectivity index (χ0v) is 12.4. The number of anilines is 2. The fourth-order valence-electron chi connectivity index (χ4n) is 1.86. The number of aliphatic hydroxyl groups is 1. The standard InChI is InChI=1S/C13H14ClN5O3/c1-13(20,8-4-2-3-5-9(8)14)7-17-12-16-6-10(19(21)22)11(15)18-12/h2-6,20H,7H2,1H3,(H3,15,16,17,18). The molecule has 0 radical (unpaired) electrons. The number of aromatic nitrogens is 2. The zero-order chi connectivity index (χ0) is 16.3. The highest BCUT2D eigenvalue weighted by atomic mass is 35.5. The summed E-state index contributed by atoms with van der Waals surface area (Å²) in [6, 6.07) is 6.90. The average Bonchev–Trinajstić information content (AvgIpc) is 2.45. The Bertz CT molecular complexity index is 708. The number of nitrogens with one attached hydrogen (secondary N) is 1. The SMILES string of the molecule is CC(O)(CNc1ncc([N+](=O)[O-])c(N)n1)c1ccccc1Cl. The van der Waals surface area contributed by atoms with Crippen molar-refractivity contribution < 1.29 is 10.0 Å². The Hall–Kier alpha value is -2.45. The Balaban J connectivity index is 2.14. The minimum absolute atomic E-state index is 0.0496. The summed E-state index contributed by atoms with van der Waals surface area (Å²) in [5.74, 6) is -0.171. The molecule has 2 aromatic rings. The molecule has 8 nitrogen and oxygen atoms in total. The van der Waals surface area contributed by atoms with E-state index in [4.69, 9.17) is 17.3 Å². The maximum Gasteiger partial charge on any atom is 0.329 e. The molecule has 1 unspecified atom stereocenters. The van der Waals surface area contributed by atoms with E-state index in [2.05, 4.69) is 15.3 Å². The van der Waals surface area contributed by atoms with Crippen LogP contribution in [0, 0.1) is 10.1 Å². The van der Waals surface area contributed by atoms with Crippen LogP contribution in [0.2, 0.25) is 5.02 Å². The molecular weight excluding hydrogens is 310 g/mol. The summed E-state index contributed by atoms with van der Waals surface area (Å²) in [5.41, 5.74) is 4.37. The number of benzene rings is 1. The Morgan fingerprint density at radius 1 is 1.50 bits per heavy atom. The maximum atomic E-state index is 10.6. The van der Waals surface area contributed by atoms with Gasteiger partial charge in [-0.1, -0.05) is 29.8 Å². The summed E-state index contributed by atoms with van der Waals surface area (Å²) in [7, 11) is 0. The van der Waals surface area contributed by atoms with Gasteiger partial charge < -0.3 is 16.2 Å². The van der Waals surface area contributed by atoms with E-state index in [1.54, 1.807) is 31.2 Å². The van der Waals surface area contributed by atoms with E-state index in [0.29, 0.717) is 10.6 Å². The van der Waals surface area contributed by atoms with Gasteiger partial charge in [-0.05, 0) is 13.0 Å². The summed E-state index contributed by atoms with van der Waals surface area (Å²) in [6.45, 7) is 1.63. The lowest BCUT2D eigenvalue weighted by Gasteiger charge is -2.25. The topological polar surface area (TPSA) is 127 Å². The first-order valence-corrected chi connectivity index (χ1v) is 6.67. The molecule has 0 amide bonds. The van der Waals surface area contributed by atoms with Crippen molar-refractivity contribution in [2.75, 3.05) is 17.6 Å². The summed E-state index contributed by atoms with van der Waals surface area (Å²) in [5, 5.41) is 24.4. The quantitative estimate of drug-likeness (QED) is 0.566. The molecule has 1 aromatic carbocycles. The van der Waals surface area contributed by atoms with Gasteiger partial charge in [0.1, 0.15) is 11.8 Å². The van der Waals surface area contributed by atoms with Crippen molar-refractivity contribution >= 4 is 29.1 Å². The third kappa shape index (κ3) is 3.41. The Morgan fingerprint density at radius 2 is 2.18 bits per heavy atom. The summed E-state index contributed by atoms with van der Waals surface area (Å²) in [6.07, 6.45) is 1.01. The van der Waals surface area contributed by atoms with Crippen molar-refractivity contribution in [2.45, 2.75) is 12.5 Å².